The molecule has 2 aromatic rings. The highest BCUT2D eigenvalue weighted by Crippen LogP contribution is 2.33. The fraction of sp³-hybridized carbons (Fsp3) is 0.0909. The van der Waals surface area contributed by atoms with Gasteiger partial charge in [0.05, 0.1) is 16.6 Å². The van der Waals surface area contributed by atoms with Gasteiger partial charge >= 0.3 is 5.97 Å². The Balaban J connectivity index is 2.39. The Morgan fingerprint density at radius 3 is 2.76 bits per heavy atom. The average Bonchev–Trinajstić information content (AvgIpc) is 2.83. The molecule has 0 bridgehead atoms. The number of pyridine rings is 1. The van der Waals surface area contributed by atoms with Gasteiger partial charge < -0.3 is 4.74 Å². The molecule has 1 N–H and O–H groups in total. The first-order chi connectivity index (χ1) is 9.85. The minimum atomic E-state index is -3.85. The molecule has 0 aliphatic carbocycles. The Hall–Kier alpha value is -0.970. The van der Waals surface area contributed by atoms with E-state index in [-0.39, 0.29) is 9.77 Å². The van der Waals surface area contributed by atoms with Crippen molar-refractivity contribution in [1.29, 1.82) is 0 Å². The summed E-state index contributed by atoms with van der Waals surface area (Å²) in [5, 5.41) is 0. The molecule has 0 spiro atoms. The van der Waals surface area contributed by atoms with Gasteiger partial charge in [0.15, 0.2) is 0 Å². The van der Waals surface area contributed by atoms with Crippen LogP contribution in [-0.4, -0.2) is 26.5 Å². The lowest BCUT2D eigenvalue weighted by Crippen LogP contribution is -2.13. The number of halogens is 2. The van der Waals surface area contributed by atoms with E-state index in [9.17, 15) is 13.2 Å². The van der Waals surface area contributed by atoms with Crippen LogP contribution in [0.4, 0.5) is 5.69 Å². The Morgan fingerprint density at radius 1 is 1.43 bits per heavy atom. The number of esters is 1. The van der Waals surface area contributed by atoms with Crippen molar-refractivity contribution in [1.82, 2.24) is 4.98 Å². The van der Waals surface area contributed by atoms with Crippen LogP contribution in [0.3, 0.4) is 0 Å². The molecule has 0 unspecified atom stereocenters. The van der Waals surface area contributed by atoms with Crippen molar-refractivity contribution in [2.45, 2.75) is 4.90 Å². The second-order valence-corrected chi connectivity index (χ2v) is 8.46. The first kappa shape index (κ1) is 16.4. The van der Waals surface area contributed by atoms with Crippen LogP contribution in [0.2, 0.25) is 0 Å². The largest absolute Gasteiger partial charge is 0.465 e. The zero-order valence-electron chi connectivity index (χ0n) is 10.5. The van der Waals surface area contributed by atoms with Gasteiger partial charge in [-0.05, 0) is 50.1 Å². The van der Waals surface area contributed by atoms with Crippen LogP contribution in [-0.2, 0) is 14.8 Å². The molecule has 2 rings (SSSR count). The van der Waals surface area contributed by atoms with E-state index in [1.165, 1.54) is 19.4 Å². The molecule has 0 atom stereocenters. The number of thiophene rings is 1. The molecule has 10 heteroatoms. The van der Waals surface area contributed by atoms with E-state index in [1.54, 1.807) is 12.1 Å². The Kier molecular flexibility index (Phi) is 5.02. The number of hydrogen-bond acceptors (Lipinski definition) is 6. The summed E-state index contributed by atoms with van der Waals surface area (Å²) in [4.78, 5) is 15.5. The summed E-state index contributed by atoms with van der Waals surface area (Å²) in [5.74, 6) is -0.593. The summed E-state index contributed by atoms with van der Waals surface area (Å²) in [6.07, 6.45) is 1.53. The molecule has 2 aromatic heterocycles. The number of nitrogens with zero attached hydrogens (tertiary/aromatic N) is 1. The summed E-state index contributed by atoms with van der Waals surface area (Å²) in [6, 6.07) is 4.43. The number of ether oxygens (including phenoxy) is 1. The maximum absolute atomic E-state index is 12.4. The van der Waals surface area contributed by atoms with Gasteiger partial charge in [-0.25, -0.2) is 18.2 Å². The molecule has 0 aliphatic heterocycles. The second kappa shape index (κ2) is 6.42. The summed E-state index contributed by atoms with van der Waals surface area (Å²) >= 11 is 7.29. The smallest absolute Gasteiger partial charge is 0.348 e. The van der Waals surface area contributed by atoms with Gasteiger partial charge in [-0.15, -0.1) is 11.3 Å². The van der Waals surface area contributed by atoms with Crippen molar-refractivity contribution in [2.75, 3.05) is 11.8 Å². The highest BCUT2D eigenvalue weighted by atomic mass is 79.9. The summed E-state index contributed by atoms with van der Waals surface area (Å²) in [5.41, 5.74) is 0.301. The number of hydrogen-bond donors (Lipinski definition) is 1. The van der Waals surface area contributed by atoms with Gasteiger partial charge in [-0.2, -0.15) is 0 Å². The highest BCUT2D eigenvalue weighted by molar-refractivity contribution is 9.11. The quantitative estimate of drug-likeness (QED) is 0.564. The van der Waals surface area contributed by atoms with Crippen LogP contribution in [0, 0.1) is 0 Å². The van der Waals surface area contributed by atoms with E-state index in [2.05, 4.69) is 46.3 Å². The van der Waals surface area contributed by atoms with E-state index in [0.717, 1.165) is 11.3 Å². The first-order valence-corrected chi connectivity index (χ1v) is 9.24. The van der Waals surface area contributed by atoms with Gasteiger partial charge in [0.25, 0.3) is 10.0 Å². The van der Waals surface area contributed by atoms with Crippen LogP contribution >= 0.6 is 43.2 Å². The molecule has 112 valence electrons. The number of methoxy groups -OCH3 is 1. The van der Waals surface area contributed by atoms with Crippen molar-refractivity contribution in [3.63, 3.8) is 0 Å². The topological polar surface area (TPSA) is 85.4 Å². The molecule has 0 saturated heterocycles. The third kappa shape index (κ3) is 3.62. The van der Waals surface area contributed by atoms with Crippen molar-refractivity contribution < 1.29 is 17.9 Å². The molecule has 0 saturated carbocycles. The highest BCUT2D eigenvalue weighted by Gasteiger charge is 2.24. The number of nitrogens with one attached hydrogen (secondary N) is 1. The molecule has 2 heterocycles. The zero-order valence-corrected chi connectivity index (χ0v) is 15.3. The van der Waals surface area contributed by atoms with Crippen LogP contribution in [0.1, 0.15) is 9.67 Å². The third-order valence-corrected chi connectivity index (χ3v) is 6.56. The van der Waals surface area contributed by atoms with E-state index in [1.807, 2.05) is 0 Å². The maximum Gasteiger partial charge on any atom is 0.348 e. The molecule has 0 amide bonds. The lowest BCUT2D eigenvalue weighted by Gasteiger charge is -2.07. The van der Waals surface area contributed by atoms with Gasteiger partial charge in [0, 0.05) is 6.20 Å². The summed E-state index contributed by atoms with van der Waals surface area (Å²) in [6.45, 7) is 0. The number of sulfonamides is 1. The SMILES string of the molecule is COC(=O)c1cc(S(=O)(=O)Nc2cccnc2Br)c(Br)s1. The zero-order chi connectivity index (χ0) is 15.6. The number of rotatable bonds is 4. The maximum atomic E-state index is 12.4. The van der Waals surface area contributed by atoms with Gasteiger partial charge in [0.1, 0.15) is 14.4 Å². The average molecular weight is 456 g/mol. The molecule has 6 nitrogen and oxygen atoms in total. The third-order valence-electron chi connectivity index (χ3n) is 2.33. The van der Waals surface area contributed by atoms with Crippen molar-refractivity contribution in [3.05, 3.63) is 37.7 Å². The molecule has 0 aliphatic rings. The van der Waals surface area contributed by atoms with Crippen molar-refractivity contribution in [3.8, 4) is 0 Å². The lowest BCUT2D eigenvalue weighted by molar-refractivity contribution is 0.0606. The van der Waals surface area contributed by atoms with E-state index < -0.39 is 16.0 Å². The minimum Gasteiger partial charge on any atom is -0.465 e. The van der Waals surface area contributed by atoms with Crippen LogP contribution < -0.4 is 4.72 Å². The standard InChI is InChI=1S/C11H8Br2N2O4S2/c1-19-11(16)7-5-8(10(13)20-7)21(17,18)15-6-3-2-4-14-9(6)12/h2-5,15H,1H3. The summed E-state index contributed by atoms with van der Waals surface area (Å²) in [7, 11) is -2.62. The van der Waals surface area contributed by atoms with E-state index >= 15 is 0 Å². The predicted molar refractivity (Wildman–Crippen MR) is 86.1 cm³/mol. The molecule has 21 heavy (non-hydrogen) atoms. The van der Waals surface area contributed by atoms with E-state index in [4.69, 9.17) is 0 Å². The van der Waals surface area contributed by atoms with Crippen LogP contribution in [0.15, 0.2) is 37.7 Å². The Labute approximate surface area is 141 Å². The molecular formula is C11H8Br2N2O4S2. The van der Waals surface area contributed by atoms with Crippen LogP contribution in [0.25, 0.3) is 0 Å². The Morgan fingerprint density at radius 2 is 2.14 bits per heavy atom. The van der Waals surface area contributed by atoms with Crippen molar-refractivity contribution >= 4 is 64.9 Å². The lowest BCUT2D eigenvalue weighted by atomic mass is 10.4. The van der Waals surface area contributed by atoms with Gasteiger partial charge in [-0.3, -0.25) is 4.72 Å². The molecule has 0 aromatic carbocycles. The molecular weight excluding hydrogens is 448 g/mol. The molecule has 0 fully saturated rings. The second-order valence-electron chi connectivity index (χ2n) is 3.69. The number of carbonyl (C=O) groups excluding carboxylic acids is 1. The Bertz CT molecular complexity index is 789. The predicted octanol–water partition coefficient (Wildman–Crippen LogP) is 3.26. The first-order valence-electron chi connectivity index (χ1n) is 5.36. The van der Waals surface area contributed by atoms with Crippen LogP contribution in [0.5, 0.6) is 0 Å². The number of carbonyl (C=O) groups is 1. The number of aromatic nitrogens is 1. The monoisotopic (exact) mass is 454 g/mol. The fourth-order valence-corrected chi connectivity index (χ4v) is 5.43. The van der Waals surface area contributed by atoms with Gasteiger partial charge in [-0.1, -0.05) is 0 Å². The minimum absolute atomic E-state index is 0.0383. The van der Waals surface area contributed by atoms with Crippen molar-refractivity contribution in [2.24, 2.45) is 0 Å². The summed E-state index contributed by atoms with van der Waals surface area (Å²) < 4.78 is 32.4. The normalized spacial score (nSPS) is 11.2. The fourth-order valence-electron chi connectivity index (χ4n) is 1.40. The number of anilines is 1. The van der Waals surface area contributed by atoms with Gasteiger partial charge in [0.2, 0.25) is 0 Å². The van der Waals surface area contributed by atoms with E-state index in [0.29, 0.717) is 14.1 Å². The molecule has 0 radical (unpaired) electrons.